The summed E-state index contributed by atoms with van der Waals surface area (Å²) in [6, 6.07) is 21.3. The molecule has 0 aliphatic carbocycles. The number of azo groups is 1. The first-order valence-corrected chi connectivity index (χ1v) is 9.74. The molecule has 2 N–H and O–H groups in total. The second-order valence-corrected chi connectivity index (χ2v) is 5.14. The number of rotatable bonds is 1. The molecule has 0 aliphatic heterocycles. The quantitative estimate of drug-likeness (QED) is 0.439. The van der Waals surface area contributed by atoms with Gasteiger partial charge in [-0.1, -0.05) is 76.2 Å². The van der Waals surface area contributed by atoms with E-state index in [2.05, 4.69) is 21.6 Å². The minimum atomic E-state index is 0.366. The maximum Gasteiger partial charge on any atom is 0.123 e. The van der Waals surface area contributed by atoms with Crippen molar-refractivity contribution in [3.63, 3.8) is 0 Å². The molecule has 0 heterocycles. The summed E-state index contributed by atoms with van der Waals surface area (Å²) >= 11 is 0. The topological polar surface area (TPSA) is 57.0 Å². The van der Waals surface area contributed by atoms with E-state index in [1.165, 1.54) is 0 Å². The number of hydrogen-bond acceptors (Lipinski definition) is 4. The molecule has 0 fully saturated rings. The van der Waals surface area contributed by atoms with Crippen LogP contribution >= 0.6 is 0 Å². The van der Waals surface area contributed by atoms with Gasteiger partial charge in [0.25, 0.3) is 0 Å². The Kier molecular flexibility index (Phi) is 18.7. The van der Waals surface area contributed by atoms with Crippen LogP contribution in [-0.4, -0.2) is 26.2 Å². The largest absolute Gasteiger partial charge is 0.507 e. The van der Waals surface area contributed by atoms with Gasteiger partial charge in [0.05, 0.1) is 5.69 Å². The molecule has 4 nitrogen and oxygen atoms in total. The number of aryl methyl sites for hydroxylation is 1. The normalized spacial score (nSPS) is 8.86. The summed E-state index contributed by atoms with van der Waals surface area (Å²) in [6.07, 6.45) is 0. The van der Waals surface area contributed by atoms with E-state index in [1.807, 2.05) is 103 Å². The highest BCUT2D eigenvalue weighted by Crippen LogP contribution is 2.25. The van der Waals surface area contributed by atoms with Gasteiger partial charge in [-0.2, -0.15) is 10.2 Å². The zero-order chi connectivity index (χ0) is 21.8. The molecule has 3 rings (SSSR count). The Morgan fingerprint density at radius 1 is 0.786 bits per heavy atom. The summed E-state index contributed by atoms with van der Waals surface area (Å²) in [5, 5.41) is 21.8. The van der Waals surface area contributed by atoms with E-state index in [0.29, 0.717) is 5.75 Å². The molecule has 0 atom stereocenters. The van der Waals surface area contributed by atoms with Crippen LogP contribution in [0.4, 0.5) is 5.69 Å². The Morgan fingerprint density at radius 2 is 1.29 bits per heavy atom. The van der Waals surface area contributed by atoms with E-state index >= 15 is 0 Å². The van der Waals surface area contributed by atoms with E-state index in [1.54, 1.807) is 13.1 Å². The summed E-state index contributed by atoms with van der Waals surface area (Å²) in [4.78, 5) is 0. The van der Waals surface area contributed by atoms with Crippen LogP contribution < -0.4 is 5.32 Å². The number of nitrogens with zero attached hydrogens (tertiary/aromatic N) is 2. The van der Waals surface area contributed by atoms with Crippen LogP contribution in [0.15, 0.2) is 77.0 Å². The monoisotopic (exact) mass is 383 g/mol. The first kappa shape index (κ1) is 27.5. The van der Waals surface area contributed by atoms with Crippen LogP contribution in [0.25, 0.3) is 10.8 Å². The Hall–Kier alpha value is -2.72. The molecule has 0 aromatic heterocycles. The maximum atomic E-state index is 9.55. The number of phenols is 1. The zero-order valence-electron chi connectivity index (χ0n) is 18.7. The summed E-state index contributed by atoms with van der Waals surface area (Å²) in [6.45, 7) is 9.98. The van der Waals surface area contributed by atoms with E-state index in [0.717, 1.165) is 22.0 Å². The summed E-state index contributed by atoms with van der Waals surface area (Å²) in [5.41, 5.74) is 1.99. The third-order valence-electron chi connectivity index (χ3n) is 2.96. The van der Waals surface area contributed by atoms with Crippen molar-refractivity contribution in [2.45, 2.75) is 34.6 Å². The number of aromatic hydroxyl groups is 1. The second-order valence-electron chi connectivity index (χ2n) is 5.14. The van der Waals surface area contributed by atoms with Gasteiger partial charge in [0, 0.05) is 12.4 Å². The number of nitrogens with one attached hydrogen (secondary N) is 1. The molecule has 0 bridgehead atoms. The molecule has 28 heavy (non-hydrogen) atoms. The van der Waals surface area contributed by atoms with Gasteiger partial charge in [0.2, 0.25) is 0 Å². The lowest BCUT2D eigenvalue weighted by Gasteiger charge is -2.01. The average Bonchev–Trinajstić information content (AvgIpc) is 2.73. The SMILES string of the molecule is CC.CC.CN=Nc1ccccc1.CNC.Cc1cc(O)c2ccccc2c1. The van der Waals surface area contributed by atoms with Gasteiger partial charge in [-0.25, -0.2) is 0 Å². The van der Waals surface area contributed by atoms with Crippen LogP contribution in [0.3, 0.4) is 0 Å². The molecule has 0 aliphatic rings. The lowest BCUT2D eigenvalue weighted by Crippen LogP contribution is -1.89. The number of hydrogen-bond donors (Lipinski definition) is 2. The molecule has 154 valence electrons. The number of benzene rings is 3. The highest BCUT2D eigenvalue weighted by atomic mass is 16.3. The predicted octanol–water partition coefficient (Wildman–Crippen LogP) is 7.14. The molecule has 3 aromatic carbocycles. The van der Waals surface area contributed by atoms with Gasteiger partial charge < -0.3 is 10.4 Å². The van der Waals surface area contributed by atoms with Crippen molar-refractivity contribution in [2.75, 3.05) is 21.1 Å². The van der Waals surface area contributed by atoms with Crippen LogP contribution in [0.2, 0.25) is 0 Å². The van der Waals surface area contributed by atoms with Crippen molar-refractivity contribution in [1.82, 2.24) is 5.32 Å². The minimum Gasteiger partial charge on any atom is -0.507 e. The van der Waals surface area contributed by atoms with Gasteiger partial charge in [0.15, 0.2) is 0 Å². The predicted molar refractivity (Wildman–Crippen MR) is 125 cm³/mol. The Morgan fingerprint density at radius 3 is 1.82 bits per heavy atom. The smallest absolute Gasteiger partial charge is 0.123 e. The van der Waals surface area contributed by atoms with E-state index < -0.39 is 0 Å². The van der Waals surface area contributed by atoms with Crippen molar-refractivity contribution in [2.24, 2.45) is 10.2 Å². The molecule has 0 amide bonds. The molecule has 3 aromatic rings. The molecular weight excluding hydrogens is 346 g/mol. The van der Waals surface area contributed by atoms with E-state index in [-0.39, 0.29) is 0 Å². The molecule has 0 radical (unpaired) electrons. The van der Waals surface area contributed by atoms with Crippen molar-refractivity contribution in [3.8, 4) is 5.75 Å². The third kappa shape index (κ3) is 11.8. The third-order valence-corrected chi connectivity index (χ3v) is 2.96. The molecule has 0 spiro atoms. The zero-order valence-corrected chi connectivity index (χ0v) is 18.7. The van der Waals surface area contributed by atoms with Crippen molar-refractivity contribution in [3.05, 3.63) is 72.3 Å². The molecule has 0 saturated heterocycles. The molecule has 0 unspecified atom stereocenters. The lowest BCUT2D eigenvalue weighted by molar-refractivity contribution is 0.481. The van der Waals surface area contributed by atoms with E-state index in [4.69, 9.17) is 0 Å². The Balaban J connectivity index is 0. The molecule has 0 saturated carbocycles. The van der Waals surface area contributed by atoms with Crippen LogP contribution in [0.5, 0.6) is 5.75 Å². The van der Waals surface area contributed by atoms with Crippen LogP contribution in [0, 0.1) is 6.92 Å². The van der Waals surface area contributed by atoms with Crippen LogP contribution in [-0.2, 0) is 0 Å². The Labute approximate surface area is 171 Å². The fourth-order valence-electron chi connectivity index (χ4n) is 2.05. The first-order chi connectivity index (χ1) is 13.6. The number of phenolic OH excluding ortho intramolecular Hbond substituents is 1. The summed E-state index contributed by atoms with van der Waals surface area (Å²) in [7, 11) is 5.41. The maximum absolute atomic E-state index is 9.55. The van der Waals surface area contributed by atoms with E-state index in [9.17, 15) is 5.11 Å². The van der Waals surface area contributed by atoms with Crippen molar-refractivity contribution < 1.29 is 5.11 Å². The highest BCUT2D eigenvalue weighted by molar-refractivity contribution is 5.88. The van der Waals surface area contributed by atoms with Crippen molar-refractivity contribution >= 4 is 16.5 Å². The summed E-state index contributed by atoms with van der Waals surface area (Å²) in [5.74, 6) is 0.366. The van der Waals surface area contributed by atoms with Gasteiger partial charge in [0.1, 0.15) is 5.75 Å². The molecular formula is C24H37N3O. The van der Waals surface area contributed by atoms with Gasteiger partial charge >= 0.3 is 0 Å². The number of fused-ring (bicyclic) bond motifs is 1. The van der Waals surface area contributed by atoms with Gasteiger partial charge in [-0.3, -0.25) is 0 Å². The second kappa shape index (κ2) is 19.1. The Bertz CT molecular complexity index is 756. The first-order valence-electron chi connectivity index (χ1n) is 9.74. The summed E-state index contributed by atoms with van der Waals surface area (Å²) < 4.78 is 0. The van der Waals surface area contributed by atoms with Gasteiger partial charge in [-0.05, 0) is 50.2 Å². The minimum absolute atomic E-state index is 0.366. The highest BCUT2D eigenvalue weighted by Gasteiger charge is 1.98. The fraction of sp³-hybridized carbons (Fsp3) is 0.333. The standard InChI is InChI=1S/C11H10O.C7H8N2.C2H7N.2C2H6/c1-8-6-9-4-2-3-5-10(9)11(12)7-8;1-8-9-7-5-3-2-4-6-7;1-3-2;2*1-2/h2-7,12H,1H3;2-6H,1H3;3H,1-2H3;2*1-2H3. The molecule has 4 heteroatoms. The lowest BCUT2D eigenvalue weighted by atomic mass is 10.1. The fourth-order valence-corrected chi connectivity index (χ4v) is 2.05. The van der Waals surface area contributed by atoms with Crippen molar-refractivity contribution in [1.29, 1.82) is 0 Å². The van der Waals surface area contributed by atoms with Gasteiger partial charge in [-0.15, -0.1) is 0 Å². The van der Waals surface area contributed by atoms with Crippen LogP contribution in [0.1, 0.15) is 33.3 Å². The average molecular weight is 384 g/mol.